The number of halogens is 1. The molecule has 1 aliphatic carbocycles. The summed E-state index contributed by atoms with van der Waals surface area (Å²) in [6, 6.07) is 0. The molecular formula is C6H6FNO2S. The molecule has 0 aromatic heterocycles. The van der Waals surface area contributed by atoms with Gasteiger partial charge in [0.05, 0.1) is 4.92 Å². The third kappa shape index (κ3) is 1.42. The van der Waals surface area contributed by atoms with Gasteiger partial charge in [0.15, 0.2) is 0 Å². The molecule has 0 N–H and O–H groups in total. The van der Waals surface area contributed by atoms with Gasteiger partial charge in [-0.15, -0.1) is 11.8 Å². The molecule has 0 saturated carbocycles. The number of hydrogen-bond donors (Lipinski definition) is 0. The van der Waals surface area contributed by atoms with Crippen LogP contribution in [-0.2, 0) is 0 Å². The maximum absolute atomic E-state index is 10.2. The molecule has 0 spiro atoms. The van der Waals surface area contributed by atoms with Gasteiger partial charge in [-0.25, -0.2) is 0 Å². The fourth-order valence-electron chi connectivity index (χ4n) is 0.964. The van der Waals surface area contributed by atoms with Gasteiger partial charge in [-0.3, -0.25) is 14.8 Å². The lowest BCUT2D eigenvalue weighted by molar-refractivity contribution is -0.419. The van der Waals surface area contributed by atoms with E-state index in [2.05, 4.69) is 0 Å². The fraction of sp³-hybridized carbons (Fsp3) is 0.333. The van der Waals surface area contributed by atoms with Gasteiger partial charge in [0.2, 0.25) is 0 Å². The van der Waals surface area contributed by atoms with Gasteiger partial charge >= 0.3 is 0 Å². The number of hydrogen-bond acceptors (Lipinski definition) is 3. The second kappa shape index (κ2) is 2.65. The number of nitro groups is 1. The first kappa shape index (κ1) is 8.26. The quantitative estimate of drug-likeness (QED) is 0.343. The number of fused-ring (bicyclic) bond motifs is 1. The van der Waals surface area contributed by atoms with Crippen LogP contribution in [0.25, 0.3) is 0 Å². The normalized spacial score (nSPS) is 31.5. The first-order chi connectivity index (χ1) is 4.77. The predicted molar refractivity (Wildman–Crippen MR) is 41.9 cm³/mol. The Labute approximate surface area is 66.7 Å². The Kier molecular flexibility index (Phi) is 1.99. The van der Waals surface area contributed by atoms with Crippen LogP contribution >= 0.6 is 11.8 Å². The number of nitrogens with zero attached hydrogens (tertiary/aromatic N) is 1. The van der Waals surface area contributed by atoms with Gasteiger partial charge in [0.25, 0.3) is 5.70 Å². The van der Waals surface area contributed by atoms with Crippen LogP contribution in [0.2, 0.25) is 0 Å². The molecule has 2 aliphatic rings. The second-order valence-corrected chi connectivity index (χ2v) is 3.63. The van der Waals surface area contributed by atoms with E-state index in [9.17, 15) is 10.1 Å². The van der Waals surface area contributed by atoms with Gasteiger partial charge in [-0.1, -0.05) is 6.08 Å². The molecule has 0 bridgehead atoms. The Balaban J connectivity index is 0.000000605. The van der Waals surface area contributed by atoms with Crippen molar-refractivity contribution in [1.29, 1.82) is 0 Å². The molecule has 0 radical (unpaired) electrons. The van der Waals surface area contributed by atoms with Crippen molar-refractivity contribution in [3.63, 3.8) is 0 Å². The van der Waals surface area contributed by atoms with Crippen LogP contribution in [-0.4, -0.2) is 15.4 Å². The third-order valence-corrected chi connectivity index (χ3v) is 2.76. The highest BCUT2D eigenvalue weighted by atomic mass is 32.2. The molecule has 0 aromatic carbocycles. The smallest absolute Gasteiger partial charge is 0.266 e. The zero-order valence-electron chi connectivity index (χ0n) is 5.47. The van der Waals surface area contributed by atoms with E-state index in [0.29, 0.717) is 10.5 Å². The molecule has 11 heavy (non-hydrogen) atoms. The van der Waals surface area contributed by atoms with Gasteiger partial charge in [0, 0.05) is 22.7 Å². The Bertz CT molecular complexity index is 251. The minimum Gasteiger partial charge on any atom is -0.269 e. The monoisotopic (exact) mass is 175 g/mol. The molecule has 5 heteroatoms. The van der Waals surface area contributed by atoms with Crippen LogP contribution in [0.3, 0.4) is 0 Å². The second-order valence-electron chi connectivity index (χ2n) is 2.27. The van der Waals surface area contributed by atoms with Crippen molar-refractivity contribution in [2.75, 3.05) is 0 Å². The van der Waals surface area contributed by atoms with Gasteiger partial charge in [-0.2, -0.15) is 0 Å². The average Bonchev–Trinajstić information content (AvgIpc) is 2.63. The van der Waals surface area contributed by atoms with E-state index in [1.807, 2.05) is 6.08 Å². The lowest BCUT2D eigenvalue weighted by Crippen LogP contribution is -2.02. The molecule has 1 fully saturated rings. The van der Waals surface area contributed by atoms with Crippen LogP contribution in [0.5, 0.6) is 0 Å². The zero-order valence-corrected chi connectivity index (χ0v) is 6.28. The summed E-state index contributed by atoms with van der Waals surface area (Å²) in [6.45, 7) is 0. The van der Waals surface area contributed by atoms with E-state index in [1.165, 1.54) is 0 Å². The summed E-state index contributed by atoms with van der Waals surface area (Å²) < 4.78 is 0. The largest absolute Gasteiger partial charge is 0.269 e. The van der Waals surface area contributed by atoms with Gasteiger partial charge in [-0.05, 0) is 0 Å². The minimum absolute atomic E-state index is 0. The Hall–Kier alpha value is -0.840. The van der Waals surface area contributed by atoms with Crippen molar-refractivity contribution in [3.8, 4) is 0 Å². The molecule has 2 atom stereocenters. The number of rotatable bonds is 1. The van der Waals surface area contributed by atoms with Crippen molar-refractivity contribution in [2.24, 2.45) is 0 Å². The molecule has 0 amide bonds. The summed E-state index contributed by atoms with van der Waals surface area (Å²) in [7, 11) is 0. The standard InChI is InChI=1S/C6H5NO2S.FH/c8-7(9)4-1-2-5-6(3-4)10-5;/h1-3,5-6H;1H. The summed E-state index contributed by atoms with van der Waals surface area (Å²) in [6.07, 6.45) is 5.20. The SMILES string of the molecule is F.O=[N+]([O-])C1=CC2SC2C=C1. The molecule has 1 saturated heterocycles. The maximum Gasteiger partial charge on any atom is 0.266 e. The van der Waals surface area contributed by atoms with E-state index in [-0.39, 0.29) is 15.3 Å². The maximum atomic E-state index is 10.2. The minimum atomic E-state index is -0.342. The molecule has 1 aliphatic heterocycles. The molecule has 0 aromatic rings. The van der Waals surface area contributed by atoms with E-state index < -0.39 is 0 Å². The Morgan fingerprint density at radius 3 is 2.82 bits per heavy atom. The first-order valence-corrected chi connectivity index (χ1v) is 3.91. The molecular weight excluding hydrogens is 169 g/mol. The highest BCUT2D eigenvalue weighted by Crippen LogP contribution is 2.46. The van der Waals surface area contributed by atoms with Gasteiger partial charge in [0.1, 0.15) is 0 Å². The molecule has 2 rings (SSSR count). The molecule has 3 nitrogen and oxygen atoms in total. The summed E-state index contributed by atoms with van der Waals surface area (Å²) >= 11 is 1.75. The highest BCUT2D eigenvalue weighted by molar-refractivity contribution is 8.08. The van der Waals surface area contributed by atoms with E-state index in [4.69, 9.17) is 0 Å². The van der Waals surface area contributed by atoms with Crippen LogP contribution in [0.15, 0.2) is 23.9 Å². The van der Waals surface area contributed by atoms with Crippen LogP contribution in [0, 0.1) is 10.1 Å². The zero-order chi connectivity index (χ0) is 7.14. The summed E-state index contributed by atoms with van der Waals surface area (Å²) in [5.41, 5.74) is 0.242. The van der Waals surface area contributed by atoms with E-state index >= 15 is 0 Å². The van der Waals surface area contributed by atoms with Gasteiger partial charge < -0.3 is 0 Å². The summed E-state index contributed by atoms with van der Waals surface area (Å²) in [4.78, 5) is 9.85. The van der Waals surface area contributed by atoms with Crippen LogP contribution in [0.1, 0.15) is 0 Å². The molecule has 60 valence electrons. The first-order valence-electron chi connectivity index (χ1n) is 2.97. The van der Waals surface area contributed by atoms with Crippen LogP contribution < -0.4 is 0 Å². The third-order valence-electron chi connectivity index (χ3n) is 1.56. The average molecular weight is 175 g/mol. The lowest BCUT2D eigenvalue weighted by atomic mass is 10.2. The Morgan fingerprint density at radius 2 is 2.27 bits per heavy atom. The van der Waals surface area contributed by atoms with Crippen molar-refractivity contribution in [3.05, 3.63) is 34.0 Å². The summed E-state index contributed by atoms with van der Waals surface area (Å²) in [5.74, 6) is 0. The van der Waals surface area contributed by atoms with E-state index in [0.717, 1.165) is 0 Å². The van der Waals surface area contributed by atoms with Crippen molar-refractivity contribution in [2.45, 2.75) is 10.5 Å². The van der Waals surface area contributed by atoms with Crippen LogP contribution in [0.4, 0.5) is 4.70 Å². The number of thioether (sulfide) groups is 1. The number of allylic oxidation sites excluding steroid dienone is 1. The van der Waals surface area contributed by atoms with Crippen molar-refractivity contribution in [1.82, 2.24) is 0 Å². The predicted octanol–water partition coefficient (Wildman–Crippen LogP) is 1.35. The lowest BCUT2D eigenvalue weighted by Gasteiger charge is -1.93. The summed E-state index contributed by atoms with van der Waals surface area (Å²) in [5, 5.41) is 11.1. The fourth-order valence-corrected chi connectivity index (χ4v) is 1.79. The van der Waals surface area contributed by atoms with Crippen molar-refractivity contribution >= 4 is 11.8 Å². The molecule has 2 unspecified atom stereocenters. The Morgan fingerprint density at radius 1 is 1.55 bits per heavy atom. The topological polar surface area (TPSA) is 43.1 Å². The molecule has 1 heterocycles. The van der Waals surface area contributed by atoms with Crippen molar-refractivity contribution < 1.29 is 9.63 Å². The highest BCUT2D eigenvalue weighted by Gasteiger charge is 2.38. The van der Waals surface area contributed by atoms with E-state index in [1.54, 1.807) is 23.9 Å².